The van der Waals surface area contributed by atoms with Crippen molar-refractivity contribution in [3.63, 3.8) is 0 Å². The third kappa shape index (κ3) is 5.60. The molecule has 1 rings (SSSR count). The lowest BCUT2D eigenvalue weighted by Crippen LogP contribution is -2.23. The van der Waals surface area contributed by atoms with Gasteiger partial charge < -0.3 is 10.1 Å². The molecule has 0 heterocycles. The number of nitrogens with one attached hydrogen (secondary N) is 1. The van der Waals surface area contributed by atoms with Crippen molar-refractivity contribution in [2.45, 2.75) is 32.6 Å². The van der Waals surface area contributed by atoms with Gasteiger partial charge in [0.05, 0.1) is 0 Å². The first kappa shape index (κ1) is 15.1. The second-order valence-electron chi connectivity index (χ2n) is 4.19. The van der Waals surface area contributed by atoms with Gasteiger partial charge >= 0.3 is 6.18 Å². The summed E-state index contributed by atoms with van der Waals surface area (Å²) in [6.45, 7) is 3.00. The van der Waals surface area contributed by atoms with Gasteiger partial charge in [-0.1, -0.05) is 25.4 Å². The molecule has 0 spiro atoms. The number of rotatable bonds is 5. The van der Waals surface area contributed by atoms with Crippen molar-refractivity contribution in [1.29, 1.82) is 0 Å². The third-order valence-corrected chi connectivity index (χ3v) is 2.35. The highest BCUT2D eigenvalue weighted by molar-refractivity contribution is 6.30. The van der Waals surface area contributed by atoms with Crippen LogP contribution in [0, 0.1) is 0 Å². The van der Waals surface area contributed by atoms with Crippen LogP contribution in [0.15, 0.2) is 18.2 Å². The first-order valence-electron chi connectivity index (χ1n) is 5.49. The highest BCUT2D eigenvalue weighted by atomic mass is 35.5. The summed E-state index contributed by atoms with van der Waals surface area (Å²) in [6.07, 6.45) is -4.34. The Hall–Kier alpha value is -0.940. The fourth-order valence-electron chi connectivity index (χ4n) is 1.30. The maximum Gasteiger partial charge on any atom is 0.422 e. The predicted molar refractivity (Wildman–Crippen MR) is 65.0 cm³/mol. The van der Waals surface area contributed by atoms with Gasteiger partial charge in [0, 0.05) is 23.2 Å². The van der Waals surface area contributed by atoms with Crippen molar-refractivity contribution in [1.82, 2.24) is 5.32 Å². The molecule has 0 atom stereocenters. The zero-order valence-corrected chi connectivity index (χ0v) is 10.9. The number of hydrogen-bond acceptors (Lipinski definition) is 2. The Labute approximate surface area is 109 Å². The maximum absolute atomic E-state index is 12.1. The Balaban J connectivity index is 2.76. The molecule has 0 unspecified atom stereocenters. The van der Waals surface area contributed by atoms with Gasteiger partial charge in [-0.25, -0.2) is 0 Å². The molecule has 0 aliphatic heterocycles. The van der Waals surface area contributed by atoms with Crippen LogP contribution in [0.1, 0.15) is 19.4 Å². The molecular weight excluding hydrogens is 267 g/mol. The van der Waals surface area contributed by atoms with E-state index < -0.39 is 12.8 Å². The largest absolute Gasteiger partial charge is 0.484 e. The average molecular weight is 282 g/mol. The monoisotopic (exact) mass is 281 g/mol. The van der Waals surface area contributed by atoms with Crippen molar-refractivity contribution < 1.29 is 17.9 Å². The number of hydrogen-bond donors (Lipinski definition) is 1. The Bertz CT molecular complexity index is 393. The summed E-state index contributed by atoms with van der Waals surface area (Å²) in [6, 6.07) is 4.78. The van der Waals surface area contributed by atoms with Crippen LogP contribution in [0.25, 0.3) is 0 Å². The van der Waals surface area contributed by atoms with Crippen LogP contribution in [0.3, 0.4) is 0 Å². The smallest absolute Gasteiger partial charge is 0.422 e. The van der Waals surface area contributed by atoms with Crippen LogP contribution in [0.2, 0.25) is 5.02 Å². The molecule has 1 aromatic carbocycles. The molecule has 18 heavy (non-hydrogen) atoms. The molecule has 0 fully saturated rings. The molecular formula is C12H15ClF3NO. The summed E-state index contributed by atoms with van der Waals surface area (Å²) in [5, 5.41) is 3.57. The van der Waals surface area contributed by atoms with Crippen LogP contribution in [-0.4, -0.2) is 18.8 Å². The zero-order chi connectivity index (χ0) is 13.8. The van der Waals surface area contributed by atoms with Crippen molar-refractivity contribution in [2.75, 3.05) is 6.61 Å². The summed E-state index contributed by atoms with van der Waals surface area (Å²) < 4.78 is 41.1. The molecule has 0 aromatic heterocycles. The van der Waals surface area contributed by atoms with E-state index in [0.29, 0.717) is 17.1 Å². The van der Waals surface area contributed by atoms with E-state index in [1.54, 1.807) is 6.07 Å². The quantitative estimate of drug-likeness (QED) is 0.887. The molecule has 0 saturated carbocycles. The Morgan fingerprint density at radius 2 is 2.00 bits per heavy atom. The van der Waals surface area contributed by atoms with E-state index in [9.17, 15) is 13.2 Å². The minimum absolute atomic E-state index is 0.199. The lowest BCUT2D eigenvalue weighted by molar-refractivity contribution is -0.153. The van der Waals surface area contributed by atoms with Crippen molar-refractivity contribution >= 4 is 11.6 Å². The van der Waals surface area contributed by atoms with Gasteiger partial charge in [-0.15, -0.1) is 0 Å². The summed E-state index contributed by atoms with van der Waals surface area (Å²) in [5.41, 5.74) is 0.612. The highest BCUT2D eigenvalue weighted by Crippen LogP contribution is 2.25. The molecule has 1 aromatic rings. The third-order valence-electron chi connectivity index (χ3n) is 2.11. The number of benzene rings is 1. The van der Waals surface area contributed by atoms with E-state index in [1.807, 2.05) is 13.8 Å². The van der Waals surface area contributed by atoms with E-state index in [1.165, 1.54) is 12.1 Å². The minimum atomic E-state index is -4.34. The molecule has 0 radical (unpaired) electrons. The van der Waals surface area contributed by atoms with E-state index in [-0.39, 0.29) is 11.8 Å². The topological polar surface area (TPSA) is 21.3 Å². The molecule has 0 aliphatic rings. The van der Waals surface area contributed by atoms with Gasteiger partial charge in [-0.05, 0) is 18.2 Å². The summed E-state index contributed by atoms with van der Waals surface area (Å²) in [5.74, 6) is 0.199. The zero-order valence-electron chi connectivity index (χ0n) is 10.1. The second-order valence-corrected chi connectivity index (χ2v) is 4.63. The van der Waals surface area contributed by atoms with Crippen LogP contribution < -0.4 is 10.1 Å². The Morgan fingerprint density at radius 1 is 1.33 bits per heavy atom. The van der Waals surface area contributed by atoms with Crippen LogP contribution >= 0.6 is 11.6 Å². The maximum atomic E-state index is 12.1. The highest BCUT2D eigenvalue weighted by Gasteiger charge is 2.28. The fraction of sp³-hybridized carbons (Fsp3) is 0.500. The lowest BCUT2D eigenvalue weighted by atomic mass is 10.2. The summed E-state index contributed by atoms with van der Waals surface area (Å²) in [7, 11) is 0. The van der Waals surface area contributed by atoms with Gasteiger partial charge in [-0.2, -0.15) is 13.2 Å². The molecule has 0 saturated heterocycles. The van der Waals surface area contributed by atoms with E-state index in [2.05, 4.69) is 5.32 Å². The summed E-state index contributed by atoms with van der Waals surface area (Å²) >= 11 is 5.82. The van der Waals surface area contributed by atoms with Crippen molar-refractivity contribution in [3.8, 4) is 5.75 Å². The molecule has 0 amide bonds. The first-order valence-corrected chi connectivity index (χ1v) is 5.87. The molecule has 102 valence electrons. The molecule has 1 N–H and O–H groups in total. The Morgan fingerprint density at radius 3 is 2.56 bits per heavy atom. The van der Waals surface area contributed by atoms with Crippen LogP contribution in [-0.2, 0) is 6.54 Å². The van der Waals surface area contributed by atoms with Crippen LogP contribution in [0.4, 0.5) is 13.2 Å². The predicted octanol–water partition coefficient (Wildman–Crippen LogP) is 3.78. The van der Waals surface area contributed by atoms with Gasteiger partial charge in [0.25, 0.3) is 0 Å². The molecule has 0 aliphatic carbocycles. The molecule has 2 nitrogen and oxygen atoms in total. The van der Waals surface area contributed by atoms with E-state index in [4.69, 9.17) is 16.3 Å². The second kappa shape index (κ2) is 6.29. The first-order chi connectivity index (χ1) is 8.28. The normalized spacial score (nSPS) is 11.9. The standard InChI is InChI=1S/C12H15ClF3NO/c1-8(2)17-6-9-5-10(13)3-4-11(9)18-7-12(14,15)16/h3-5,8,17H,6-7H2,1-2H3. The van der Waals surface area contributed by atoms with Gasteiger partial charge in [0.1, 0.15) is 5.75 Å². The fourth-order valence-corrected chi connectivity index (χ4v) is 1.50. The van der Waals surface area contributed by atoms with Crippen LogP contribution in [0.5, 0.6) is 5.75 Å². The van der Waals surface area contributed by atoms with Gasteiger partial charge in [-0.3, -0.25) is 0 Å². The van der Waals surface area contributed by atoms with E-state index in [0.717, 1.165) is 0 Å². The number of ether oxygens (including phenoxy) is 1. The van der Waals surface area contributed by atoms with Gasteiger partial charge in [0.2, 0.25) is 0 Å². The van der Waals surface area contributed by atoms with E-state index >= 15 is 0 Å². The minimum Gasteiger partial charge on any atom is -0.484 e. The van der Waals surface area contributed by atoms with Gasteiger partial charge in [0.15, 0.2) is 6.61 Å². The SMILES string of the molecule is CC(C)NCc1cc(Cl)ccc1OCC(F)(F)F. The van der Waals surface area contributed by atoms with Crippen molar-refractivity contribution in [2.24, 2.45) is 0 Å². The summed E-state index contributed by atoms with van der Waals surface area (Å²) in [4.78, 5) is 0. The lowest BCUT2D eigenvalue weighted by Gasteiger charge is -2.15. The number of alkyl halides is 3. The Kier molecular flexibility index (Phi) is 5.28. The molecule has 0 bridgehead atoms. The average Bonchev–Trinajstić information content (AvgIpc) is 2.23. The van der Waals surface area contributed by atoms with Crippen molar-refractivity contribution in [3.05, 3.63) is 28.8 Å². The number of halogens is 4. The molecule has 6 heteroatoms.